The topological polar surface area (TPSA) is 32.3 Å². The minimum absolute atomic E-state index is 0.106. The van der Waals surface area contributed by atoms with Crippen LogP contribution < -0.4 is 5.32 Å². The summed E-state index contributed by atoms with van der Waals surface area (Å²) in [6, 6.07) is 10.2. The van der Waals surface area contributed by atoms with Gasteiger partial charge in [0.05, 0.1) is 6.54 Å². The highest BCUT2D eigenvalue weighted by Gasteiger charge is 2.06. The van der Waals surface area contributed by atoms with E-state index < -0.39 is 0 Å². The summed E-state index contributed by atoms with van der Waals surface area (Å²) in [5.41, 5.74) is 1.23. The number of hydrogen-bond donors (Lipinski definition) is 1. The Kier molecular flexibility index (Phi) is 6.44. The fourth-order valence-corrected chi connectivity index (χ4v) is 1.75. The van der Waals surface area contributed by atoms with Crippen molar-refractivity contribution in [2.75, 3.05) is 20.1 Å². The number of amides is 1. The monoisotopic (exact) mass is 248 g/mol. The standard InChI is InChI=1S/C15H24N2O/c1-13(2)9-10-16-15(18)12-17(3)11-14-7-5-4-6-8-14/h4-8,13H,9-12H2,1-3H3,(H,16,18). The van der Waals surface area contributed by atoms with Gasteiger partial charge in [-0.1, -0.05) is 44.2 Å². The average Bonchev–Trinajstić information content (AvgIpc) is 2.29. The molecule has 1 rings (SSSR count). The zero-order valence-electron chi connectivity index (χ0n) is 11.6. The number of carbonyl (C=O) groups excluding carboxylic acids is 1. The van der Waals surface area contributed by atoms with Gasteiger partial charge < -0.3 is 5.32 Å². The van der Waals surface area contributed by atoms with Gasteiger partial charge in [-0.15, -0.1) is 0 Å². The Balaban J connectivity index is 2.23. The Morgan fingerprint density at radius 1 is 1.28 bits per heavy atom. The lowest BCUT2D eigenvalue weighted by Gasteiger charge is -2.16. The molecular formula is C15H24N2O. The zero-order valence-corrected chi connectivity index (χ0v) is 11.6. The van der Waals surface area contributed by atoms with Gasteiger partial charge in [0.1, 0.15) is 0 Å². The average molecular weight is 248 g/mol. The van der Waals surface area contributed by atoms with Crippen LogP contribution in [0.2, 0.25) is 0 Å². The molecule has 3 nitrogen and oxygen atoms in total. The van der Waals surface area contributed by atoms with Crippen LogP contribution in [0.3, 0.4) is 0 Å². The van der Waals surface area contributed by atoms with E-state index in [0.717, 1.165) is 19.5 Å². The Bertz CT molecular complexity index is 349. The van der Waals surface area contributed by atoms with Crippen LogP contribution in [0.1, 0.15) is 25.8 Å². The lowest BCUT2D eigenvalue weighted by Crippen LogP contribution is -2.35. The molecule has 0 spiro atoms. The number of hydrogen-bond acceptors (Lipinski definition) is 2. The maximum absolute atomic E-state index is 11.7. The van der Waals surface area contributed by atoms with E-state index in [1.54, 1.807) is 0 Å². The molecule has 100 valence electrons. The van der Waals surface area contributed by atoms with Crippen molar-refractivity contribution >= 4 is 5.91 Å². The number of likely N-dealkylation sites (N-methyl/N-ethyl adjacent to an activating group) is 1. The minimum atomic E-state index is 0.106. The van der Waals surface area contributed by atoms with Crippen molar-refractivity contribution < 1.29 is 4.79 Å². The van der Waals surface area contributed by atoms with E-state index in [9.17, 15) is 4.79 Å². The van der Waals surface area contributed by atoms with Crippen molar-refractivity contribution in [3.8, 4) is 0 Å². The molecular weight excluding hydrogens is 224 g/mol. The summed E-state index contributed by atoms with van der Waals surface area (Å²) in [6.45, 7) is 6.35. The van der Waals surface area contributed by atoms with E-state index in [-0.39, 0.29) is 5.91 Å². The van der Waals surface area contributed by atoms with Crippen LogP contribution in [0.15, 0.2) is 30.3 Å². The van der Waals surface area contributed by atoms with Crippen molar-refractivity contribution in [2.24, 2.45) is 5.92 Å². The molecule has 1 N–H and O–H groups in total. The maximum atomic E-state index is 11.7. The SMILES string of the molecule is CC(C)CCNC(=O)CN(C)Cc1ccccc1. The highest BCUT2D eigenvalue weighted by atomic mass is 16.2. The summed E-state index contributed by atoms with van der Waals surface area (Å²) in [7, 11) is 1.97. The largest absolute Gasteiger partial charge is 0.355 e. The molecule has 0 fully saturated rings. The van der Waals surface area contributed by atoms with E-state index in [1.165, 1.54) is 5.56 Å². The summed E-state index contributed by atoms with van der Waals surface area (Å²) < 4.78 is 0. The Hall–Kier alpha value is -1.35. The van der Waals surface area contributed by atoms with Crippen LogP contribution in [0, 0.1) is 5.92 Å². The molecule has 0 aliphatic rings. The van der Waals surface area contributed by atoms with Crippen LogP contribution in [0.25, 0.3) is 0 Å². The number of nitrogens with one attached hydrogen (secondary N) is 1. The molecule has 1 amide bonds. The minimum Gasteiger partial charge on any atom is -0.355 e. The second-order valence-corrected chi connectivity index (χ2v) is 5.19. The molecule has 0 aliphatic heterocycles. The lowest BCUT2D eigenvalue weighted by molar-refractivity contribution is -0.122. The van der Waals surface area contributed by atoms with E-state index >= 15 is 0 Å². The summed E-state index contributed by atoms with van der Waals surface area (Å²) >= 11 is 0. The molecule has 0 unspecified atom stereocenters. The molecule has 1 aromatic carbocycles. The Labute approximate surface area is 110 Å². The summed E-state index contributed by atoms with van der Waals surface area (Å²) in [4.78, 5) is 13.7. The van der Waals surface area contributed by atoms with Crippen LogP contribution in [-0.4, -0.2) is 30.9 Å². The van der Waals surface area contributed by atoms with Crippen LogP contribution in [0.4, 0.5) is 0 Å². The summed E-state index contributed by atoms with van der Waals surface area (Å²) in [6.07, 6.45) is 1.04. The van der Waals surface area contributed by atoms with E-state index in [1.807, 2.05) is 30.1 Å². The van der Waals surface area contributed by atoms with Gasteiger partial charge in [-0.3, -0.25) is 9.69 Å². The van der Waals surface area contributed by atoms with Crippen molar-refractivity contribution in [3.63, 3.8) is 0 Å². The van der Waals surface area contributed by atoms with Gasteiger partial charge in [-0.05, 0) is 24.9 Å². The molecule has 0 heterocycles. The van der Waals surface area contributed by atoms with E-state index in [2.05, 4.69) is 31.3 Å². The normalized spacial score (nSPS) is 10.9. The van der Waals surface area contributed by atoms with Crippen molar-refractivity contribution in [3.05, 3.63) is 35.9 Å². The van der Waals surface area contributed by atoms with Gasteiger partial charge in [-0.25, -0.2) is 0 Å². The molecule has 3 heteroatoms. The highest BCUT2D eigenvalue weighted by Crippen LogP contribution is 2.02. The molecule has 0 saturated heterocycles. The quantitative estimate of drug-likeness (QED) is 0.803. The second-order valence-electron chi connectivity index (χ2n) is 5.19. The molecule has 0 atom stereocenters. The zero-order chi connectivity index (χ0) is 13.4. The van der Waals surface area contributed by atoms with Gasteiger partial charge in [0.2, 0.25) is 5.91 Å². The number of carbonyl (C=O) groups is 1. The maximum Gasteiger partial charge on any atom is 0.234 e. The smallest absolute Gasteiger partial charge is 0.234 e. The molecule has 0 aromatic heterocycles. The van der Waals surface area contributed by atoms with Crippen LogP contribution >= 0.6 is 0 Å². The second kappa shape index (κ2) is 7.88. The van der Waals surface area contributed by atoms with Gasteiger partial charge >= 0.3 is 0 Å². The molecule has 0 saturated carbocycles. The molecule has 0 aliphatic carbocycles. The fraction of sp³-hybridized carbons (Fsp3) is 0.533. The highest BCUT2D eigenvalue weighted by molar-refractivity contribution is 5.77. The molecule has 0 radical (unpaired) electrons. The Morgan fingerprint density at radius 2 is 1.94 bits per heavy atom. The first-order valence-electron chi connectivity index (χ1n) is 6.57. The van der Waals surface area contributed by atoms with E-state index in [0.29, 0.717) is 12.5 Å². The third kappa shape index (κ3) is 6.40. The van der Waals surface area contributed by atoms with Gasteiger partial charge in [-0.2, -0.15) is 0 Å². The van der Waals surface area contributed by atoms with Gasteiger partial charge in [0, 0.05) is 13.1 Å². The summed E-state index contributed by atoms with van der Waals surface area (Å²) in [5, 5.41) is 2.95. The molecule has 0 bridgehead atoms. The Morgan fingerprint density at radius 3 is 2.56 bits per heavy atom. The van der Waals surface area contributed by atoms with Gasteiger partial charge in [0.15, 0.2) is 0 Å². The first-order chi connectivity index (χ1) is 8.58. The predicted molar refractivity (Wildman–Crippen MR) is 75.2 cm³/mol. The number of rotatable bonds is 7. The summed E-state index contributed by atoms with van der Waals surface area (Å²) in [5.74, 6) is 0.737. The van der Waals surface area contributed by atoms with Crippen LogP contribution in [-0.2, 0) is 11.3 Å². The fourth-order valence-electron chi connectivity index (χ4n) is 1.75. The third-order valence-electron chi connectivity index (χ3n) is 2.75. The number of benzene rings is 1. The van der Waals surface area contributed by atoms with Crippen molar-refractivity contribution in [2.45, 2.75) is 26.8 Å². The van der Waals surface area contributed by atoms with Crippen molar-refractivity contribution in [1.29, 1.82) is 0 Å². The first-order valence-corrected chi connectivity index (χ1v) is 6.57. The van der Waals surface area contributed by atoms with Crippen molar-refractivity contribution in [1.82, 2.24) is 10.2 Å². The number of nitrogens with zero attached hydrogens (tertiary/aromatic N) is 1. The van der Waals surface area contributed by atoms with Crippen LogP contribution in [0.5, 0.6) is 0 Å². The third-order valence-corrected chi connectivity index (χ3v) is 2.75. The van der Waals surface area contributed by atoms with E-state index in [4.69, 9.17) is 0 Å². The molecule has 18 heavy (non-hydrogen) atoms. The van der Waals surface area contributed by atoms with Gasteiger partial charge in [0.25, 0.3) is 0 Å². The first kappa shape index (κ1) is 14.7. The predicted octanol–water partition coefficient (Wildman–Crippen LogP) is 2.28. The molecule has 1 aromatic rings. The lowest BCUT2D eigenvalue weighted by atomic mass is 10.1.